The molecule has 0 aliphatic carbocycles. The van der Waals surface area contributed by atoms with Gasteiger partial charge in [0.2, 0.25) is 0 Å². The Hall–Kier alpha value is -3.19. The zero-order valence-corrected chi connectivity index (χ0v) is 21.3. The summed E-state index contributed by atoms with van der Waals surface area (Å²) in [5.74, 6) is 0. The van der Waals surface area contributed by atoms with Crippen molar-refractivity contribution in [3.05, 3.63) is 60.8 Å². The molecule has 6 rings (SSSR count). The molecule has 0 amide bonds. The fraction of sp³-hybridized carbons (Fsp3) is 0.407. The van der Waals surface area contributed by atoms with Crippen LogP contribution in [0.5, 0.6) is 0 Å². The van der Waals surface area contributed by atoms with E-state index in [0.29, 0.717) is 11.6 Å². The van der Waals surface area contributed by atoms with E-state index in [9.17, 15) is 5.26 Å². The highest BCUT2D eigenvalue weighted by molar-refractivity contribution is 7.99. The van der Waals surface area contributed by atoms with Gasteiger partial charge in [-0.25, -0.2) is 9.50 Å². The molecule has 0 bridgehead atoms. The van der Waals surface area contributed by atoms with Crippen molar-refractivity contribution in [2.75, 3.05) is 33.2 Å². The summed E-state index contributed by atoms with van der Waals surface area (Å²) in [6.07, 6.45) is 14.4. The maximum Gasteiger partial charge on any atom is 0.103 e. The minimum Gasteiger partial charge on any atom is -0.302 e. The van der Waals surface area contributed by atoms with Crippen molar-refractivity contribution in [1.29, 1.82) is 5.26 Å². The molecule has 6 heterocycles. The molecule has 184 valence electrons. The fourth-order valence-corrected chi connectivity index (χ4v) is 6.45. The zero-order chi connectivity index (χ0) is 24.5. The van der Waals surface area contributed by atoms with Crippen LogP contribution in [0.3, 0.4) is 0 Å². The maximum absolute atomic E-state index is 9.61. The summed E-state index contributed by atoms with van der Waals surface area (Å²) in [7, 11) is 2.26. The van der Waals surface area contributed by atoms with Crippen LogP contribution in [-0.4, -0.2) is 73.4 Å². The van der Waals surface area contributed by atoms with E-state index in [0.717, 1.165) is 58.5 Å². The van der Waals surface area contributed by atoms with Crippen LogP contribution in [0.4, 0.5) is 0 Å². The molecule has 2 fully saturated rings. The van der Waals surface area contributed by atoms with E-state index in [1.807, 2.05) is 30.6 Å². The molecule has 0 radical (unpaired) electrons. The van der Waals surface area contributed by atoms with Crippen LogP contribution in [0.25, 0.3) is 16.6 Å². The second kappa shape index (κ2) is 10.1. The lowest BCUT2D eigenvalue weighted by molar-refractivity contribution is 0.142. The van der Waals surface area contributed by atoms with E-state index in [4.69, 9.17) is 5.10 Å². The summed E-state index contributed by atoms with van der Waals surface area (Å²) in [5, 5.41) is 19.7. The first-order chi connectivity index (χ1) is 17.7. The Kier molecular flexibility index (Phi) is 6.48. The first-order valence-electron chi connectivity index (χ1n) is 12.7. The van der Waals surface area contributed by atoms with E-state index in [1.54, 1.807) is 28.7 Å². The van der Waals surface area contributed by atoms with Crippen molar-refractivity contribution < 1.29 is 0 Å². The largest absolute Gasteiger partial charge is 0.302 e. The fourth-order valence-electron chi connectivity index (χ4n) is 5.48. The smallest absolute Gasteiger partial charge is 0.103 e. The lowest BCUT2D eigenvalue weighted by atomic mass is 10.0. The van der Waals surface area contributed by atoms with Gasteiger partial charge in [-0.15, -0.1) is 0 Å². The molecule has 0 N–H and O–H groups in total. The molecule has 0 spiro atoms. The van der Waals surface area contributed by atoms with Crippen molar-refractivity contribution in [2.24, 2.45) is 0 Å². The van der Waals surface area contributed by atoms with E-state index in [1.165, 1.54) is 25.9 Å². The molecule has 2 aliphatic heterocycles. The molecule has 36 heavy (non-hydrogen) atoms. The molecule has 0 saturated carbocycles. The molecule has 1 atom stereocenters. The lowest BCUT2D eigenvalue weighted by Gasteiger charge is -2.35. The average molecular weight is 499 g/mol. The Morgan fingerprint density at radius 2 is 1.94 bits per heavy atom. The summed E-state index contributed by atoms with van der Waals surface area (Å²) >= 11 is 1.55. The van der Waals surface area contributed by atoms with Crippen molar-refractivity contribution in [3.8, 4) is 17.2 Å². The van der Waals surface area contributed by atoms with Gasteiger partial charge in [-0.3, -0.25) is 4.68 Å². The third-order valence-electron chi connectivity index (χ3n) is 7.56. The van der Waals surface area contributed by atoms with Crippen LogP contribution in [0.2, 0.25) is 0 Å². The number of likely N-dealkylation sites (tertiary alicyclic amines) is 2. The number of fused-ring (bicyclic) bond motifs is 1. The van der Waals surface area contributed by atoms with Crippen molar-refractivity contribution in [1.82, 2.24) is 34.2 Å². The van der Waals surface area contributed by atoms with Crippen molar-refractivity contribution in [2.45, 2.75) is 47.7 Å². The molecule has 2 saturated heterocycles. The van der Waals surface area contributed by atoms with Gasteiger partial charge in [0, 0.05) is 60.3 Å². The van der Waals surface area contributed by atoms with Gasteiger partial charge in [-0.05, 0) is 57.5 Å². The quantitative estimate of drug-likeness (QED) is 0.391. The summed E-state index contributed by atoms with van der Waals surface area (Å²) in [4.78, 5) is 10.6. The summed E-state index contributed by atoms with van der Waals surface area (Å²) in [6.45, 7) is 4.69. The highest BCUT2D eigenvalue weighted by Crippen LogP contribution is 2.35. The Morgan fingerprint density at radius 1 is 1.06 bits per heavy atom. The van der Waals surface area contributed by atoms with Crippen LogP contribution >= 0.6 is 11.8 Å². The molecule has 4 aromatic heterocycles. The van der Waals surface area contributed by atoms with Crippen LogP contribution in [0, 0.1) is 11.3 Å². The average Bonchev–Trinajstić information content (AvgIpc) is 3.65. The molecular weight excluding hydrogens is 468 g/mol. The van der Waals surface area contributed by atoms with Gasteiger partial charge in [0.15, 0.2) is 0 Å². The summed E-state index contributed by atoms with van der Waals surface area (Å²) in [5.41, 5.74) is 3.46. The first-order valence-corrected chi connectivity index (χ1v) is 13.5. The van der Waals surface area contributed by atoms with Crippen LogP contribution in [-0.2, 0) is 0 Å². The van der Waals surface area contributed by atoms with E-state index in [-0.39, 0.29) is 0 Å². The van der Waals surface area contributed by atoms with Gasteiger partial charge in [-0.1, -0.05) is 17.8 Å². The van der Waals surface area contributed by atoms with Crippen LogP contribution in [0.15, 0.2) is 65.2 Å². The normalized spacial score (nSPS) is 19.7. The second-order valence-corrected chi connectivity index (χ2v) is 10.9. The minimum atomic E-state index is 0.428. The highest BCUT2D eigenvalue weighted by Gasteiger charge is 2.27. The zero-order valence-electron chi connectivity index (χ0n) is 20.5. The number of pyridine rings is 2. The standard InChI is InChI=1S/C27H30N8S/c1-32-10-4-5-24(32)19-33-11-7-23(8-12-33)34-18-22(16-30-34)20-13-25(36-26-6-2-3-9-29-26)27-21(14-28)15-31-35(27)17-20/h2-3,6,9,13,15-18,23-24H,4-5,7-8,10-12,19H2,1H3. The van der Waals surface area contributed by atoms with E-state index in [2.05, 4.69) is 49.9 Å². The van der Waals surface area contributed by atoms with Gasteiger partial charge in [0.05, 0.1) is 29.5 Å². The Bertz CT molecular complexity index is 1380. The van der Waals surface area contributed by atoms with Crippen molar-refractivity contribution >= 4 is 17.3 Å². The predicted octanol–water partition coefficient (Wildman–Crippen LogP) is 4.35. The number of likely N-dealkylation sites (N-methyl/N-ethyl adjacent to an activating group) is 1. The number of aromatic nitrogens is 5. The molecule has 1 unspecified atom stereocenters. The first kappa shape index (κ1) is 23.2. The minimum absolute atomic E-state index is 0.428. The molecule has 2 aliphatic rings. The molecule has 0 aromatic carbocycles. The van der Waals surface area contributed by atoms with E-state index < -0.39 is 0 Å². The van der Waals surface area contributed by atoms with Gasteiger partial charge in [0.25, 0.3) is 0 Å². The second-order valence-electron chi connectivity index (χ2n) is 9.84. The molecule has 8 nitrogen and oxygen atoms in total. The monoisotopic (exact) mass is 498 g/mol. The molecular formula is C27H30N8S. The third kappa shape index (κ3) is 4.64. The van der Waals surface area contributed by atoms with Crippen LogP contribution in [0.1, 0.15) is 37.3 Å². The Labute approximate surface area is 215 Å². The number of nitriles is 1. The number of hydrogen-bond acceptors (Lipinski definition) is 7. The number of nitrogens with zero attached hydrogens (tertiary/aromatic N) is 8. The van der Waals surface area contributed by atoms with Gasteiger partial charge < -0.3 is 9.80 Å². The van der Waals surface area contributed by atoms with Crippen LogP contribution < -0.4 is 0 Å². The number of rotatable bonds is 6. The Balaban J connectivity index is 1.21. The third-order valence-corrected chi connectivity index (χ3v) is 8.54. The van der Waals surface area contributed by atoms with Gasteiger partial charge in [0.1, 0.15) is 11.1 Å². The van der Waals surface area contributed by atoms with Crippen molar-refractivity contribution in [3.63, 3.8) is 0 Å². The van der Waals surface area contributed by atoms with Gasteiger partial charge >= 0.3 is 0 Å². The SMILES string of the molecule is CN1CCCC1CN1CCC(n2cc(-c3cc(Sc4ccccn4)c4c(C#N)cnn4c3)cn2)CC1. The molecule has 9 heteroatoms. The predicted molar refractivity (Wildman–Crippen MR) is 140 cm³/mol. The Morgan fingerprint density at radius 3 is 2.69 bits per heavy atom. The lowest BCUT2D eigenvalue weighted by Crippen LogP contribution is -2.42. The van der Waals surface area contributed by atoms with Gasteiger partial charge in [-0.2, -0.15) is 15.5 Å². The summed E-state index contributed by atoms with van der Waals surface area (Å²) < 4.78 is 3.95. The number of hydrogen-bond donors (Lipinski definition) is 0. The van der Waals surface area contributed by atoms with E-state index >= 15 is 0 Å². The maximum atomic E-state index is 9.61. The topological polar surface area (TPSA) is 78.3 Å². The highest BCUT2D eigenvalue weighted by atomic mass is 32.2. The summed E-state index contributed by atoms with van der Waals surface area (Å²) in [6, 6.07) is 11.4. The number of piperidine rings is 1. The molecule has 4 aromatic rings.